The van der Waals surface area contributed by atoms with Gasteiger partial charge in [0.15, 0.2) is 0 Å². The van der Waals surface area contributed by atoms with Crippen LogP contribution in [0.15, 0.2) is 35.3 Å². The van der Waals surface area contributed by atoms with E-state index in [4.69, 9.17) is 11.5 Å². The van der Waals surface area contributed by atoms with E-state index >= 15 is 0 Å². The maximum absolute atomic E-state index is 13.1. The first kappa shape index (κ1) is 21.3. The van der Waals surface area contributed by atoms with Gasteiger partial charge < -0.3 is 31.7 Å². The summed E-state index contributed by atoms with van der Waals surface area (Å²) >= 11 is 0. The molecule has 10 heteroatoms. The van der Waals surface area contributed by atoms with Crippen molar-refractivity contribution in [1.29, 1.82) is 0 Å². The van der Waals surface area contributed by atoms with Crippen LogP contribution in [0.2, 0.25) is 0 Å². The van der Waals surface area contributed by atoms with Gasteiger partial charge in [0.25, 0.3) is 0 Å². The minimum Gasteiger partial charge on any atom is -0.369 e. The van der Waals surface area contributed by atoms with E-state index in [0.717, 1.165) is 5.56 Å². The molecule has 4 rings (SSSR count). The lowest BCUT2D eigenvalue weighted by Gasteiger charge is -2.43. The van der Waals surface area contributed by atoms with Gasteiger partial charge in [0, 0.05) is 13.1 Å². The molecule has 0 saturated carbocycles. The highest BCUT2D eigenvalue weighted by Gasteiger charge is 2.56. The number of benzene rings is 1. The maximum atomic E-state index is 13.1. The standard InChI is InChI=1S/C21H28N6O4/c22-14(12-13-6-2-1-3-7-13)18(29)26-10-4-8-15(26)17(28)24-16-9-5-11-27-20(23)25-19(30)21(16,27)31/h1-3,6-7,14-16,31H,4-5,8-12,22H2,(H,24,28)(H2,23,25,30)/t14-,15+,16+,21+/m1/s1. The van der Waals surface area contributed by atoms with E-state index in [1.165, 1.54) is 9.80 Å². The summed E-state index contributed by atoms with van der Waals surface area (Å²) in [6, 6.07) is 7.17. The third-order valence-electron chi connectivity index (χ3n) is 6.35. The van der Waals surface area contributed by atoms with Gasteiger partial charge in [-0.1, -0.05) is 30.3 Å². The van der Waals surface area contributed by atoms with Crippen LogP contribution in [-0.2, 0) is 20.8 Å². The maximum Gasteiger partial charge on any atom is 0.304 e. The van der Waals surface area contributed by atoms with Gasteiger partial charge in [0.05, 0.1) is 12.1 Å². The number of nitrogens with zero attached hydrogens (tertiary/aromatic N) is 3. The average molecular weight is 428 g/mol. The molecule has 0 spiro atoms. The lowest BCUT2D eigenvalue weighted by Crippen LogP contribution is -2.69. The van der Waals surface area contributed by atoms with E-state index in [1.807, 2.05) is 30.3 Å². The smallest absolute Gasteiger partial charge is 0.304 e. The molecular weight excluding hydrogens is 400 g/mol. The molecule has 6 N–H and O–H groups in total. The second-order valence-corrected chi connectivity index (χ2v) is 8.34. The Kier molecular flexibility index (Phi) is 5.67. The van der Waals surface area contributed by atoms with Gasteiger partial charge in [-0.3, -0.25) is 14.4 Å². The fourth-order valence-electron chi connectivity index (χ4n) is 4.73. The summed E-state index contributed by atoms with van der Waals surface area (Å²) in [4.78, 5) is 44.8. The molecule has 1 aromatic rings. The lowest BCUT2D eigenvalue weighted by molar-refractivity contribution is -0.161. The third-order valence-corrected chi connectivity index (χ3v) is 6.35. The number of fused-ring (bicyclic) bond motifs is 1. The minimum atomic E-state index is -1.98. The third kappa shape index (κ3) is 3.77. The first-order chi connectivity index (χ1) is 14.8. The van der Waals surface area contributed by atoms with Crippen LogP contribution < -0.4 is 16.8 Å². The summed E-state index contributed by atoms with van der Waals surface area (Å²) in [7, 11) is 0. The zero-order chi connectivity index (χ0) is 22.2. The normalized spacial score (nSPS) is 28.8. The molecule has 4 atom stereocenters. The fourth-order valence-corrected chi connectivity index (χ4v) is 4.73. The number of nitrogens with two attached hydrogens (primary N) is 2. The molecule has 2 fully saturated rings. The highest BCUT2D eigenvalue weighted by molar-refractivity contribution is 6.05. The molecule has 10 nitrogen and oxygen atoms in total. The topological polar surface area (TPSA) is 154 Å². The Morgan fingerprint density at radius 1 is 1.23 bits per heavy atom. The van der Waals surface area contributed by atoms with Crippen molar-refractivity contribution in [1.82, 2.24) is 15.1 Å². The van der Waals surface area contributed by atoms with Gasteiger partial charge >= 0.3 is 5.91 Å². The van der Waals surface area contributed by atoms with Gasteiger partial charge in [-0.25, -0.2) is 0 Å². The highest BCUT2D eigenvalue weighted by atomic mass is 16.3. The van der Waals surface area contributed by atoms with E-state index in [1.54, 1.807) is 0 Å². The highest BCUT2D eigenvalue weighted by Crippen LogP contribution is 2.32. The molecule has 1 aromatic carbocycles. The Morgan fingerprint density at radius 2 is 1.94 bits per heavy atom. The molecule has 2 saturated heterocycles. The predicted molar refractivity (Wildman–Crippen MR) is 112 cm³/mol. The van der Waals surface area contributed by atoms with Gasteiger partial charge in [-0.2, -0.15) is 4.99 Å². The summed E-state index contributed by atoms with van der Waals surface area (Å²) in [5.74, 6) is -1.51. The van der Waals surface area contributed by atoms with Gasteiger partial charge in [-0.05, 0) is 37.7 Å². The number of guanidine groups is 1. The van der Waals surface area contributed by atoms with Crippen molar-refractivity contribution in [2.75, 3.05) is 13.1 Å². The summed E-state index contributed by atoms with van der Waals surface area (Å²) in [6.07, 6.45) is 2.59. The molecule has 0 aliphatic carbocycles. The first-order valence-corrected chi connectivity index (χ1v) is 10.6. The second kappa shape index (κ2) is 8.27. The van der Waals surface area contributed by atoms with E-state index in [9.17, 15) is 19.5 Å². The number of amides is 3. The molecule has 3 heterocycles. The Labute approximate surface area is 180 Å². The Morgan fingerprint density at radius 3 is 2.68 bits per heavy atom. The molecule has 31 heavy (non-hydrogen) atoms. The predicted octanol–water partition coefficient (Wildman–Crippen LogP) is -1.33. The minimum absolute atomic E-state index is 0.0454. The van der Waals surface area contributed by atoms with Crippen LogP contribution in [0, 0.1) is 0 Å². The molecule has 0 unspecified atom stereocenters. The van der Waals surface area contributed by atoms with Crippen LogP contribution in [0.1, 0.15) is 31.2 Å². The first-order valence-electron chi connectivity index (χ1n) is 10.6. The van der Waals surface area contributed by atoms with Crippen LogP contribution >= 0.6 is 0 Å². The molecule has 166 valence electrons. The van der Waals surface area contributed by atoms with Crippen molar-refractivity contribution >= 4 is 23.7 Å². The van der Waals surface area contributed by atoms with Crippen LogP contribution in [0.25, 0.3) is 0 Å². The van der Waals surface area contributed by atoms with Crippen LogP contribution in [-0.4, -0.2) is 75.5 Å². The number of piperidine rings is 1. The van der Waals surface area contributed by atoms with Crippen LogP contribution in [0.3, 0.4) is 0 Å². The fraction of sp³-hybridized carbons (Fsp3) is 0.524. The number of hydrogen-bond acceptors (Lipinski definition) is 7. The van der Waals surface area contributed by atoms with Gasteiger partial charge in [0.1, 0.15) is 6.04 Å². The van der Waals surface area contributed by atoms with Crippen molar-refractivity contribution in [3.63, 3.8) is 0 Å². The monoisotopic (exact) mass is 428 g/mol. The molecule has 3 aliphatic heterocycles. The van der Waals surface area contributed by atoms with E-state index in [2.05, 4.69) is 10.3 Å². The summed E-state index contributed by atoms with van der Waals surface area (Å²) in [5.41, 5.74) is 10.9. The SMILES string of the molecule is NC1=NC(=O)[C@@]2(O)[C@@H](NC(=O)[C@@H]3CCCN3C(=O)[C@H](N)Cc3ccccc3)CCCN12. The van der Waals surface area contributed by atoms with Crippen molar-refractivity contribution < 1.29 is 19.5 Å². The van der Waals surface area contributed by atoms with Gasteiger partial charge in [-0.15, -0.1) is 0 Å². The van der Waals surface area contributed by atoms with Crippen molar-refractivity contribution in [3.8, 4) is 0 Å². The Hall–Kier alpha value is -2.98. The summed E-state index contributed by atoms with van der Waals surface area (Å²) < 4.78 is 0. The van der Waals surface area contributed by atoms with Crippen molar-refractivity contribution in [2.24, 2.45) is 16.5 Å². The number of carbonyl (C=O) groups excluding carboxylic acids is 3. The van der Waals surface area contributed by atoms with E-state index in [-0.39, 0.29) is 11.9 Å². The molecule has 0 bridgehead atoms. The molecule has 3 amide bonds. The molecule has 0 radical (unpaired) electrons. The van der Waals surface area contributed by atoms with E-state index < -0.39 is 35.7 Å². The number of hydrogen-bond donors (Lipinski definition) is 4. The van der Waals surface area contributed by atoms with Gasteiger partial charge in [0.2, 0.25) is 23.5 Å². The molecule has 3 aliphatic rings. The summed E-state index contributed by atoms with van der Waals surface area (Å²) in [6.45, 7) is 0.821. The molecule has 0 aromatic heterocycles. The van der Waals surface area contributed by atoms with Crippen molar-refractivity contribution in [3.05, 3.63) is 35.9 Å². The largest absolute Gasteiger partial charge is 0.369 e. The Bertz CT molecular complexity index is 906. The van der Waals surface area contributed by atoms with Crippen LogP contribution in [0.4, 0.5) is 0 Å². The zero-order valence-electron chi connectivity index (χ0n) is 17.2. The molecular formula is C21H28N6O4. The number of likely N-dealkylation sites (tertiary alicyclic amines) is 1. The number of nitrogens with one attached hydrogen (secondary N) is 1. The van der Waals surface area contributed by atoms with Crippen LogP contribution in [0.5, 0.6) is 0 Å². The zero-order valence-corrected chi connectivity index (χ0v) is 17.2. The number of aliphatic imine (C=N–C) groups is 1. The summed E-state index contributed by atoms with van der Waals surface area (Å²) in [5, 5.41) is 13.8. The lowest BCUT2D eigenvalue weighted by atomic mass is 9.92. The second-order valence-electron chi connectivity index (χ2n) is 8.34. The van der Waals surface area contributed by atoms with E-state index in [0.29, 0.717) is 45.2 Å². The Balaban J connectivity index is 1.43. The number of aliphatic hydroxyl groups is 1. The average Bonchev–Trinajstić information content (AvgIpc) is 3.33. The number of carbonyl (C=O) groups is 3. The van der Waals surface area contributed by atoms with Crippen molar-refractivity contribution in [2.45, 2.75) is 56.0 Å². The quantitative estimate of drug-likeness (QED) is 0.453. The number of rotatable bonds is 5.